The van der Waals surface area contributed by atoms with Crippen molar-refractivity contribution in [2.24, 2.45) is 4.99 Å². The monoisotopic (exact) mass is 336 g/mol. The van der Waals surface area contributed by atoms with Gasteiger partial charge in [-0.05, 0) is 43.9 Å². The zero-order chi connectivity index (χ0) is 15.3. The molecule has 1 N–H and O–H groups in total. The first-order valence-corrected chi connectivity index (χ1v) is 9.18. The van der Waals surface area contributed by atoms with Crippen LogP contribution in [0.1, 0.15) is 43.6 Å². The zero-order valence-electron chi connectivity index (χ0n) is 13.0. The Morgan fingerprint density at radius 2 is 2.32 bits per heavy atom. The standard InChI is InChI=1S/C17H21ClN2OS/c1-10-8-17(9-14(20-10)13-3-5-19-11(13)2)16-12(4-6-21-17)7-15(18)22-16/h5,7,10,14,20H,3-4,6,8-9H2,1-2H3/t10-,14-,17-/m0/s1. The van der Waals surface area contributed by atoms with Crippen molar-refractivity contribution in [2.45, 2.75) is 57.2 Å². The first-order chi connectivity index (χ1) is 10.6. The first kappa shape index (κ1) is 14.9. The summed E-state index contributed by atoms with van der Waals surface area (Å²) in [4.78, 5) is 5.82. The average Bonchev–Trinajstić information content (AvgIpc) is 3.04. The molecule has 3 aliphatic rings. The molecule has 4 rings (SSSR count). The lowest BCUT2D eigenvalue weighted by Gasteiger charge is -2.46. The van der Waals surface area contributed by atoms with Gasteiger partial charge in [0.1, 0.15) is 5.60 Å². The molecule has 0 saturated carbocycles. The number of piperidine rings is 1. The average molecular weight is 337 g/mol. The number of fused-ring (bicyclic) bond motifs is 2. The summed E-state index contributed by atoms with van der Waals surface area (Å²) in [6.07, 6.45) is 5.97. The maximum absolute atomic E-state index is 6.39. The van der Waals surface area contributed by atoms with Crippen LogP contribution in [-0.2, 0) is 16.8 Å². The highest BCUT2D eigenvalue weighted by atomic mass is 35.5. The third kappa shape index (κ3) is 2.37. The molecule has 3 atom stereocenters. The molecule has 1 fully saturated rings. The Balaban J connectivity index is 1.71. The Labute approximate surface area is 140 Å². The number of hydrogen-bond donors (Lipinski definition) is 1. The van der Waals surface area contributed by atoms with E-state index in [9.17, 15) is 0 Å². The van der Waals surface area contributed by atoms with E-state index in [-0.39, 0.29) is 5.60 Å². The summed E-state index contributed by atoms with van der Waals surface area (Å²) < 4.78 is 7.28. The predicted octanol–water partition coefficient (Wildman–Crippen LogP) is 4.06. The molecule has 0 aromatic carbocycles. The van der Waals surface area contributed by atoms with Crippen molar-refractivity contribution in [3.8, 4) is 0 Å². The van der Waals surface area contributed by atoms with E-state index in [4.69, 9.17) is 16.3 Å². The SMILES string of the molecule is CC1=C([C@@H]2C[C@]3(C[C@H](C)N2)OCCc2cc(Cl)sc23)CC=N1. The highest BCUT2D eigenvalue weighted by Crippen LogP contribution is 2.48. The quantitative estimate of drug-likeness (QED) is 0.839. The topological polar surface area (TPSA) is 33.6 Å². The molecule has 0 amide bonds. The third-order valence-corrected chi connectivity index (χ3v) is 6.57. The fourth-order valence-corrected chi connectivity index (χ4v) is 5.65. The Hall–Kier alpha value is -0.680. The summed E-state index contributed by atoms with van der Waals surface area (Å²) in [6.45, 7) is 5.17. The molecule has 1 spiro atoms. The number of thiophene rings is 1. The lowest BCUT2D eigenvalue weighted by atomic mass is 9.77. The summed E-state index contributed by atoms with van der Waals surface area (Å²) in [6, 6.07) is 2.90. The fraction of sp³-hybridized carbons (Fsp3) is 0.588. The Morgan fingerprint density at radius 1 is 1.45 bits per heavy atom. The van der Waals surface area contributed by atoms with Crippen molar-refractivity contribution in [3.05, 3.63) is 32.1 Å². The smallest absolute Gasteiger partial charge is 0.106 e. The van der Waals surface area contributed by atoms with Crippen molar-refractivity contribution in [1.82, 2.24) is 5.32 Å². The highest BCUT2D eigenvalue weighted by molar-refractivity contribution is 7.16. The Kier molecular flexibility index (Phi) is 3.68. The van der Waals surface area contributed by atoms with Crippen LogP contribution in [0, 0.1) is 0 Å². The minimum absolute atomic E-state index is 0.170. The number of rotatable bonds is 1. The first-order valence-electron chi connectivity index (χ1n) is 7.98. The summed E-state index contributed by atoms with van der Waals surface area (Å²) in [7, 11) is 0. The molecule has 1 aromatic heterocycles. The van der Waals surface area contributed by atoms with Crippen LogP contribution in [0.5, 0.6) is 0 Å². The second-order valence-corrected chi connectivity index (χ2v) is 8.34. The highest BCUT2D eigenvalue weighted by Gasteiger charge is 2.46. The van der Waals surface area contributed by atoms with Gasteiger partial charge in [-0.1, -0.05) is 11.6 Å². The van der Waals surface area contributed by atoms with Crippen LogP contribution in [0.4, 0.5) is 0 Å². The Morgan fingerprint density at radius 3 is 3.09 bits per heavy atom. The van der Waals surface area contributed by atoms with Gasteiger partial charge in [0.15, 0.2) is 0 Å². The maximum Gasteiger partial charge on any atom is 0.106 e. The molecular weight excluding hydrogens is 316 g/mol. The minimum Gasteiger partial charge on any atom is -0.369 e. The fourth-order valence-electron chi connectivity index (χ4n) is 4.19. The van der Waals surface area contributed by atoms with Crippen LogP contribution in [0.15, 0.2) is 22.3 Å². The van der Waals surface area contributed by atoms with Crippen LogP contribution >= 0.6 is 22.9 Å². The van der Waals surface area contributed by atoms with Gasteiger partial charge in [-0.2, -0.15) is 0 Å². The van der Waals surface area contributed by atoms with Gasteiger partial charge >= 0.3 is 0 Å². The normalized spacial score (nSPS) is 34.5. The van der Waals surface area contributed by atoms with Gasteiger partial charge in [-0.3, -0.25) is 4.99 Å². The summed E-state index contributed by atoms with van der Waals surface area (Å²) in [5.41, 5.74) is 3.81. The molecule has 22 heavy (non-hydrogen) atoms. The second-order valence-electron chi connectivity index (χ2n) is 6.65. The van der Waals surface area contributed by atoms with Gasteiger partial charge in [0.25, 0.3) is 0 Å². The molecule has 3 nitrogen and oxygen atoms in total. The number of nitrogens with zero attached hydrogens (tertiary/aromatic N) is 1. The van der Waals surface area contributed by atoms with Crippen LogP contribution in [0.2, 0.25) is 4.34 Å². The van der Waals surface area contributed by atoms with E-state index in [0.717, 1.165) is 36.6 Å². The largest absolute Gasteiger partial charge is 0.369 e. The van der Waals surface area contributed by atoms with E-state index in [2.05, 4.69) is 30.2 Å². The predicted molar refractivity (Wildman–Crippen MR) is 92.1 cm³/mol. The lowest BCUT2D eigenvalue weighted by molar-refractivity contribution is -0.0919. The molecule has 0 bridgehead atoms. The van der Waals surface area contributed by atoms with E-state index in [1.807, 2.05) is 6.21 Å². The number of hydrogen-bond acceptors (Lipinski definition) is 4. The van der Waals surface area contributed by atoms with Gasteiger partial charge < -0.3 is 10.1 Å². The van der Waals surface area contributed by atoms with Crippen molar-refractivity contribution >= 4 is 29.2 Å². The molecule has 0 unspecified atom stereocenters. The molecule has 5 heteroatoms. The zero-order valence-corrected chi connectivity index (χ0v) is 14.6. The van der Waals surface area contributed by atoms with E-state index < -0.39 is 0 Å². The summed E-state index contributed by atoms with van der Waals surface area (Å²) in [5, 5.41) is 3.75. The van der Waals surface area contributed by atoms with Crippen LogP contribution in [-0.4, -0.2) is 24.9 Å². The molecule has 0 aliphatic carbocycles. The van der Waals surface area contributed by atoms with E-state index in [0.29, 0.717) is 12.1 Å². The van der Waals surface area contributed by atoms with Crippen molar-refractivity contribution in [1.29, 1.82) is 0 Å². The van der Waals surface area contributed by atoms with Gasteiger partial charge in [-0.15, -0.1) is 11.3 Å². The number of halogens is 1. The van der Waals surface area contributed by atoms with Crippen LogP contribution < -0.4 is 5.32 Å². The van der Waals surface area contributed by atoms with Crippen LogP contribution in [0.25, 0.3) is 0 Å². The van der Waals surface area contributed by atoms with Gasteiger partial charge in [-0.25, -0.2) is 0 Å². The van der Waals surface area contributed by atoms with Crippen molar-refractivity contribution in [3.63, 3.8) is 0 Å². The molecule has 118 valence electrons. The van der Waals surface area contributed by atoms with Crippen LogP contribution in [0.3, 0.4) is 0 Å². The van der Waals surface area contributed by atoms with E-state index >= 15 is 0 Å². The molecule has 4 heterocycles. The third-order valence-electron chi connectivity index (χ3n) is 5.08. The van der Waals surface area contributed by atoms with Crippen molar-refractivity contribution in [2.75, 3.05) is 6.61 Å². The van der Waals surface area contributed by atoms with Crippen molar-refractivity contribution < 1.29 is 4.74 Å². The molecule has 1 aromatic rings. The maximum atomic E-state index is 6.39. The van der Waals surface area contributed by atoms with Gasteiger partial charge in [0.05, 0.1) is 10.9 Å². The molecule has 3 aliphatic heterocycles. The van der Waals surface area contributed by atoms with Gasteiger partial charge in [0, 0.05) is 41.7 Å². The molecule has 1 saturated heterocycles. The number of allylic oxidation sites excluding steroid dienone is 1. The second kappa shape index (κ2) is 5.45. The van der Waals surface area contributed by atoms with Gasteiger partial charge in [0.2, 0.25) is 0 Å². The lowest BCUT2D eigenvalue weighted by Crippen LogP contribution is -2.53. The molecule has 0 radical (unpaired) electrons. The minimum atomic E-state index is -0.170. The summed E-state index contributed by atoms with van der Waals surface area (Å²) in [5.74, 6) is 0. The number of aliphatic imine (C=N–C) groups is 1. The number of ether oxygens (including phenoxy) is 1. The summed E-state index contributed by atoms with van der Waals surface area (Å²) >= 11 is 8.00. The van der Waals surface area contributed by atoms with E-state index in [1.54, 1.807) is 11.3 Å². The number of nitrogens with one attached hydrogen (secondary N) is 1. The van der Waals surface area contributed by atoms with E-state index in [1.165, 1.54) is 21.7 Å². The molecular formula is C17H21ClN2OS. The Bertz CT molecular complexity index is 666.